The lowest BCUT2D eigenvalue weighted by atomic mass is 10.0. The number of aromatic hydroxyl groups is 3. The first-order valence-electron chi connectivity index (χ1n) is 8.13. The molecule has 4 N–H and O–H groups in total. The number of amides is 2. The lowest BCUT2D eigenvalue weighted by Crippen LogP contribution is -2.46. The average molecular weight is 361 g/mol. The van der Waals surface area contributed by atoms with Gasteiger partial charge in [0.15, 0.2) is 22.9 Å². The molecule has 9 nitrogen and oxygen atoms in total. The van der Waals surface area contributed by atoms with Gasteiger partial charge < -0.3 is 30.1 Å². The molecule has 1 aromatic carbocycles. The zero-order valence-corrected chi connectivity index (χ0v) is 14.1. The van der Waals surface area contributed by atoms with Crippen molar-refractivity contribution in [2.75, 3.05) is 13.1 Å². The minimum Gasteiger partial charge on any atom is -0.504 e. The molecule has 2 amide bonds. The Morgan fingerprint density at radius 2 is 1.77 bits per heavy atom. The van der Waals surface area contributed by atoms with E-state index in [4.69, 9.17) is 4.52 Å². The summed E-state index contributed by atoms with van der Waals surface area (Å²) in [5, 5.41) is 34.8. The molecule has 0 unspecified atom stereocenters. The fourth-order valence-electron chi connectivity index (χ4n) is 2.86. The first-order valence-corrected chi connectivity index (χ1v) is 8.13. The molecule has 0 radical (unpaired) electrons. The third-order valence-corrected chi connectivity index (χ3v) is 4.30. The summed E-state index contributed by atoms with van der Waals surface area (Å²) in [4.78, 5) is 26.2. The van der Waals surface area contributed by atoms with Gasteiger partial charge in [-0.3, -0.25) is 9.59 Å². The Morgan fingerprint density at radius 1 is 1.15 bits per heavy atom. The van der Waals surface area contributed by atoms with E-state index in [1.807, 2.05) is 0 Å². The average Bonchev–Trinajstić information content (AvgIpc) is 3.05. The Kier molecular flexibility index (Phi) is 4.70. The number of piperidine rings is 1. The molecule has 1 aliphatic heterocycles. The van der Waals surface area contributed by atoms with Crippen LogP contribution in [0.3, 0.4) is 0 Å². The molecule has 0 saturated carbocycles. The largest absolute Gasteiger partial charge is 0.504 e. The van der Waals surface area contributed by atoms with E-state index in [0.717, 1.165) is 12.1 Å². The van der Waals surface area contributed by atoms with Crippen molar-refractivity contribution in [2.45, 2.75) is 25.8 Å². The van der Waals surface area contributed by atoms with E-state index in [9.17, 15) is 24.9 Å². The van der Waals surface area contributed by atoms with E-state index in [2.05, 4.69) is 10.5 Å². The van der Waals surface area contributed by atoms with Crippen LogP contribution in [0.5, 0.6) is 17.2 Å². The van der Waals surface area contributed by atoms with Crippen molar-refractivity contribution < 1.29 is 29.4 Å². The van der Waals surface area contributed by atoms with Gasteiger partial charge in [-0.05, 0) is 31.9 Å². The Hall–Kier alpha value is -3.23. The zero-order chi connectivity index (χ0) is 18.8. The first-order chi connectivity index (χ1) is 12.3. The monoisotopic (exact) mass is 361 g/mol. The van der Waals surface area contributed by atoms with Gasteiger partial charge in [-0.1, -0.05) is 5.16 Å². The number of hydrogen-bond donors (Lipinski definition) is 4. The number of aryl methyl sites for hydroxylation is 1. The minimum atomic E-state index is -0.670. The molecule has 0 aliphatic carbocycles. The maximum atomic E-state index is 12.3. The number of rotatable bonds is 3. The molecular formula is C17H19N3O6. The van der Waals surface area contributed by atoms with Gasteiger partial charge in [0.05, 0.1) is 0 Å². The highest BCUT2D eigenvalue weighted by molar-refractivity contribution is 5.96. The van der Waals surface area contributed by atoms with Crippen molar-refractivity contribution in [3.63, 3.8) is 0 Å². The number of carbonyl (C=O) groups is 2. The summed E-state index contributed by atoms with van der Waals surface area (Å²) in [7, 11) is 0. The fraction of sp³-hybridized carbons (Fsp3) is 0.353. The standard InChI is InChI=1S/C17H19N3O6/c1-9-6-12(19-26-9)17(25)20-4-2-11(3-5-20)18-16(24)10-7-13(21)15(23)14(22)8-10/h6-8,11,21-23H,2-5H2,1H3,(H,18,24). The summed E-state index contributed by atoms with van der Waals surface area (Å²) in [6.45, 7) is 2.63. The maximum Gasteiger partial charge on any atom is 0.276 e. The van der Waals surface area contributed by atoms with Crippen molar-refractivity contribution in [3.05, 3.63) is 35.2 Å². The fourth-order valence-corrected chi connectivity index (χ4v) is 2.86. The van der Waals surface area contributed by atoms with Crippen LogP contribution in [0, 0.1) is 6.92 Å². The third kappa shape index (κ3) is 3.56. The highest BCUT2D eigenvalue weighted by Gasteiger charge is 2.26. The lowest BCUT2D eigenvalue weighted by molar-refractivity contribution is 0.0688. The summed E-state index contributed by atoms with van der Waals surface area (Å²) >= 11 is 0. The Labute approximate surface area is 148 Å². The number of nitrogens with zero attached hydrogens (tertiary/aromatic N) is 2. The quantitative estimate of drug-likeness (QED) is 0.602. The molecule has 1 aromatic heterocycles. The lowest BCUT2D eigenvalue weighted by Gasteiger charge is -2.31. The number of benzene rings is 1. The second-order valence-electron chi connectivity index (χ2n) is 6.23. The molecule has 1 fully saturated rings. The Balaban J connectivity index is 1.57. The molecule has 0 spiro atoms. The number of phenols is 3. The summed E-state index contributed by atoms with van der Waals surface area (Å²) in [6.07, 6.45) is 1.12. The van der Waals surface area contributed by atoms with Crippen molar-refractivity contribution in [3.8, 4) is 17.2 Å². The molecule has 0 atom stereocenters. The summed E-state index contributed by atoms with van der Waals surface area (Å²) in [6, 6.07) is 3.59. The van der Waals surface area contributed by atoms with Gasteiger partial charge in [0.2, 0.25) is 0 Å². The van der Waals surface area contributed by atoms with Gasteiger partial charge in [0, 0.05) is 30.8 Å². The van der Waals surface area contributed by atoms with Crippen molar-refractivity contribution in [1.29, 1.82) is 0 Å². The van der Waals surface area contributed by atoms with Crippen molar-refractivity contribution in [1.82, 2.24) is 15.4 Å². The number of likely N-dealkylation sites (tertiary alicyclic amines) is 1. The predicted molar refractivity (Wildman–Crippen MR) is 89.1 cm³/mol. The molecule has 2 heterocycles. The smallest absolute Gasteiger partial charge is 0.276 e. The van der Waals surface area contributed by atoms with Crippen LogP contribution in [0.25, 0.3) is 0 Å². The highest BCUT2D eigenvalue weighted by Crippen LogP contribution is 2.35. The molecule has 0 bridgehead atoms. The second-order valence-corrected chi connectivity index (χ2v) is 6.23. The Morgan fingerprint density at radius 3 is 2.31 bits per heavy atom. The van der Waals surface area contributed by atoms with Gasteiger partial charge in [0.1, 0.15) is 5.76 Å². The molecule has 1 saturated heterocycles. The Bertz CT molecular complexity index is 816. The molecule has 138 valence electrons. The van der Waals surface area contributed by atoms with Crippen LogP contribution < -0.4 is 5.32 Å². The normalized spacial score (nSPS) is 15.0. The van der Waals surface area contributed by atoms with Crippen LogP contribution >= 0.6 is 0 Å². The SMILES string of the molecule is Cc1cc(C(=O)N2CCC(NC(=O)c3cc(O)c(O)c(O)c3)CC2)no1. The second kappa shape index (κ2) is 6.95. The van der Waals surface area contributed by atoms with E-state index in [-0.39, 0.29) is 23.2 Å². The van der Waals surface area contributed by atoms with Gasteiger partial charge in [-0.2, -0.15) is 0 Å². The number of aromatic nitrogens is 1. The van der Waals surface area contributed by atoms with Gasteiger partial charge >= 0.3 is 0 Å². The number of phenolic OH excluding ortho intramolecular Hbond substituents is 3. The molecule has 9 heteroatoms. The summed E-state index contributed by atoms with van der Waals surface area (Å²) in [5.41, 5.74) is 0.300. The van der Waals surface area contributed by atoms with Gasteiger partial charge in [-0.15, -0.1) is 0 Å². The van der Waals surface area contributed by atoms with Crippen molar-refractivity contribution >= 4 is 11.8 Å². The molecule has 26 heavy (non-hydrogen) atoms. The highest BCUT2D eigenvalue weighted by atomic mass is 16.5. The van der Waals surface area contributed by atoms with E-state index in [1.54, 1.807) is 17.9 Å². The van der Waals surface area contributed by atoms with E-state index in [0.29, 0.717) is 31.7 Å². The summed E-state index contributed by atoms with van der Waals surface area (Å²) in [5.74, 6) is -1.93. The minimum absolute atomic E-state index is 0.0365. The number of carbonyl (C=O) groups excluding carboxylic acids is 2. The number of nitrogens with one attached hydrogen (secondary N) is 1. The maximum absolute atomic E-state index is 12.3. The van der Waals surface area contributed by atoms with Crippen LogP contribution in [0.15, 0.2) is 22.7 Å². The topological polar surface area (TPSA) is 136 Å². The van der Waals surface area contributed by atoms with Crippen LogP contribution in [0.1, 0.15) is 39.4 Å². The predicted octanol–water partition coefficient (Wildman–Crippen LogP) is 1.13. The molecule has 2 aromatic rings. The third-order valence-electron chi connectivity index (χ3n) is 4.30. The number of hydrogen-bond acceptors (Lipinski definition) is 7. The first kappa shape index (κ1) is 17.6. The van der Waals surface area contributed by atoms with Crippen LogP contribution in [0.4, 0.5) is 0 Å². The van der Waals surface area contributed by atoms with E-state index >= 15 is 0 Å². The van der Waals surface area contributed by atoms with Crippen molar-refractivity contribution in [2.24, 2.45) is 0 Å². The van der Waals surface area contributed by atoms with Gasteiger partial charge in [-0.25, -0.2) is 0 Å². The van der Waals surface area contributed by atoms with Crippen LogP contribution in [0.2, 0.25) is 0 Å². The summed E-state index contributed by atoms with van der Waals surface area (Å²) < 4.78 is 4.91. The molecule has 3 rings (SSSR count). The van der Waals surface area contributed by atoms with E-state index in [1.165, 1.54) is 0 Å². The van der Waals surface area contributed by atoms with Crippen LogP contribution in [-0.4, -0.2) is 56.3 Å². The van der Waals surface area contributed by atoms with Gasteiger partial charge in [0.25, 0.3) is 11.8 Å². The van der Waals surface area contributed by atoms with E-state index < -0.39 is 23.2 Å². The molecule has 1 aliphatic rings. The van der Waals surface area contributed by atoms with Crippen LogP contribution in [-0.2, 0) is 0 Å². The zero-order valence-electron chi connectivity index (χ0n) is 14.1. The molecular weight excluding hydrogens is 342 g/mol.